The molecule has 5 nitrogen and oxygen atoms in total. The molecule has 0 aliphatic rings. The molecule has 0 aliphatic heterocycles. The Balaban J connectivity index is 1.83. The summed E-state index contributed by atoms with van der Waals surface area (Å²) < 4.78 is 13.0. The van der Waals surface area contributed by atoms with Gasteiger partial charge in [-0.3, -0.25) is 10.1 Å². The summed E-state index contributed by atoms with van der Waals surface area (Å²) in [6.07, 6.45) is 1.54. The van der Waals surface area contributed by atoms with E-state index in [0.717, 1.165) is 16.1 Å². The maximum Gasteiger partial charge on any atom is 0.276 e. The molecule has 7 heteroatoms. The molecule has 0 fully saturated rings. The lowest BCUT2D eigenvalue weighted by Crippen LogP contribution is -2.14. The van der Waals surface area contributed by atoms with Crippen LogP contribution in [0.5, 0.6) is 0 Å². The van der Waals surface area contributed by atoms with E-state index in [2.05, 4.69) is 20.3 Å². The van der Waals surface area contributed by atoms with E-state index >= 15 is 0 Å². The molecular formula is C16H13FN4OS. The average Bonchev–Trinajstić information content (AvgIpc) is 2.88. The number of hydrogen-bond donors (Lipinski definition) is 1. The number of aryl methyl sites for hydroxylation is 2. The fraction of sp³-hybridized carbons (Fsp3) is 0.125. The van der Waals surface area contributed by atoms with Crippen LogP contribution in [0.3, 0.4) is 0 Å². The zero-order valence-electron chi connectivity index (χ0n) is 12.5. The second kappa shape index (κ2) is 6.21. The van der Waals surface area contributed by atoms with Crippen LogP contribution in [-0.2, 0) is 0 Å². The van der Waals surface area contributed by atoms with Crippen molar-refractivity contribution in [1.29, 1.82) is 0 Å². The molecule has 1 N–H and O–H groups in total. The Labute approximate surface area is 136 Å². The van der Waals surface area contributed by atoms with Crippen LogP contribution < -0.4 is 5.32 Å². The van der Waals surface area contributed by atoms with Crippen LogP contribution in [0.4, 0.5) is 9.52 Å². The molecule has 0 radical (unpaired) electrons. The number of benzene rings is 1. The fourth-order valence-electron chi connectivity index (χ4n) is 2.07. The molecule has 3 rings (SSSR count). The molecule has 116 valence electrons. The summed E-state index contributed by atoms with van der Waals surface area (Å²) in [6, 6.07) is 7.64. The predicted octanol–water partition coefficient (Wildman–Crippen LogP) is 3.61. The van der Waals surface area contributed by atoms with E-state index in [1.165, 1.54) is 29.7 Å². The molecule has 2 aromatic heterocycles. The normalized spacial score (nSPS) is 10.6. The molecule has 1 aromatic carbocycles. The summed E-state index contributed by atoms with van der Waals surface area (Å²) in [7, 11) is 0. The lowest BCUT2D eigenvalue weighted by atomic mass is 10.1. The van der Waals surface area contributed by atoms with E-state index in [1.807, 2.05) is 6.92 Å². The highest BCUT2D eigenvalue weighted by atomic mass is 32.1. The van der Waals surface area contributed by atoms with Crippen LogP contribution in [-0.4, -0.2) is 20.9 Å². The van der Waals surface area contributed by atoms with Gasteiger partial charge in [-0.2, -0.15) is 0 Å². The standard InChI is InChI=1S/C16H13FN4OS/c1-9-14(11-3-5-12(17)6-4-11)20-16(23-9)21-15(22)13-7-8-18-10(2)19-13/h3-8H,1-2H3,(H,20,21,22). The van der Waals surface area contributed by atoms with Crippen molar-refractivity contribution >= 4 is 22.4 Å². The number of aromatic nitrogens is 3. The second-order valence-electron chi connectivity index (χ2n) is 4.87. The first-order chi connectivity index (χ1) is 11.0. The fourth-order valence-corrected chi connectivity index (χ4v) is 2.90. The molecule has 3 aromatic rings. The minimum atomic E-state index is -0.338. The number of halogens is 1. The largest absolute Gasteiger partial charge is 0.296 e. The molecule has 0 saturated carbocycles. The lowest BCUT2D eigenvalue weighted by Gasteiger charge is -2.01. The number of rotatable bonds is 3. The predicted molar refractivity (Wildman–Crippen MR) is 87.0 cm³/mol. The van der Waals surface area contributed by atoms with Gasteiger partial charge in [0.2, 0.25) is 0 Å². The van der Waals surface area contributed by atoms with Crippen LogP contribution in [0.2, 0.25) is 0 Å². The van der Waals surface area contributed by atoms with Gasteiger partial charge in [0.15, 0.2) is 5.13 Å². The van der Waals surface area contributed by atoms with Crippen molar-refractivity contribution in [2.24, 2.45) is 0 Å². The number of nitrogens with zero attached hydrogens (tertiary/aromatic N) is 3. The SMILES string of the molecule is Cc1nccc(C(=O)Nc2nc(-c3ccc(F)cc3)c(C)s2)n1. The third-order valence-corrected chi connectivity index (χ3v) is 4.03. The first-order valence-electron chi connectivity index (χ1n) is 6.87. The summed E-state index contributed by atoms with van der Waals surface area (Å²) in [5.74, 6) is -0.107. The molecule has 0 atom stereocenters. The molecular weight excluding hydrogens is 315 g/mol. The van der Waals surface area contributed by atoms with Crippen LogP contribution in [0.25, 0.3) is 11.3 Å². The van der Waals surface area contributed by atoms with Crippen molar-refractivity contribution in [3.05, 3.63) is 58.7 Å². The van der Waals surface area contributed by atoms with Crippen molar-refractivity contribution in [3.63, 3.8) is 0 Å². The van der Waals surface area contributed by atoms with Gasteiger partial charge in [-0.25, -0.2) is 19.3 Å². The van der Waals surface area contributed by atoms with Gasteiger partial charge in [-0.15, -0.1) is 11.3 Å². The molecule has 1 amide bonds. The Hall–Kier alpha value is -2.67. The molecule has 0 unspecified atom stereocenters. The third kappa shape index (κ3) is 3.40. The van der Waals surface area contributed by atoms with Crippen LogP contribution in [0.1, 0.15) is 21.2 Å². The minimum absolute atomic E-state index is 0.286. The summed E-state index contributed by atoms with van der Waals surface area (Å²) in [4.78, 5) is 25.6. The summed E-state index contributed by atoms with van der Waals surface area (Å²) >= 11 is 1.36. The Bertz CT molecular complexity index is 861. The topological polar surface area (TPSA) is 67.8 Å². The maximum atomic E-state index is 13.0. The Morgan fingerprint density at radius 1 is 1.13 bits per heavy atom. The van der Waals surface area contributed by atoms with E-state index in [0.29, 0.717) is 11.0 Å². The van der Waals surface area contributed by atoms with Crippen molar-refractivity contribution in [3.8, 4) is 11.3 Å². The van der Waals surface area contributed by atoms with E-state index in [9.17, 15) is 9.18 Å². The molecule has 0 spiro atoms. The number of amides is 1. The van der Waals surface area contributed by atoms with Gasteiger partial charge in [0.1, 0.15) is 17.3 Å². The lowest BCUT2D eigenvalue weighted by molar-refractivity contribution is 0.102. The van der Waals surface area contributed by atoms with Gasteiger partial charge in [0.05, 0.1) is 5.69 Å². The van der Waals surface area contributed by atoms with Gasteiger partial charge in [0, 0.05) is 16.6 Å². The van der Waals surface area contributed by atoms with E-state index < -0.39 is 0 Å². The van der Waals surface area contributed by atoms with Gasteiger partial charge >= 0.3 is 0 Å². The van der Waals surface area contributed by atoms with E-state index in [1.54, 1.807) is 25.1 Å². The quantitative estimate of drug-likeness (QED) is 0.797. The molecule has 0 bridgehead atoms. The van der Waals surface area contributed by atoms with Crippen molar-refractivity contribution in [2.45, 2.75) is 13.8 Å². The van der Waals surface area contributed by atoms with Crippen LogP contribution in [0.15, 0.2) is 36.5 Å². The van der Waals surface area contributed by atoms with Gasteiger partial charge < -0.3 is 0 Å². The Morgan fingerprint density at radius 3 is 2.57 bits per heavy atom. The zero-order chi connectivity index (χ0) is 16.4. The highest BCUT2D eigenvalue weighted by molar-refractivity contribution is 7.16. The Kier molecular flexibility index (Phi) is 4.12. The maximum absolute atomic E-state index is 13.0. The highest BCUT2D eigenvalue weighted by Gasteiger charge is 2.14. The second-order valence-corrected chi connectivity index (χ2v) is 6.08. The molecule has 2 heterocycles. The number of anilines is 1. The molecule has 0 saturated heterocycles. The van der Waals surface area contributed by atoms with E-state index in [4.69, 9.17) is 0 Å². The van der Waals surface area contributed by atoms with Crippen LogP contribution >= 0.6 is 11.3 Å². The first kappa shape index (κ1) is 15.2. The van der Waals surface area contributed by atoms with Gasteiger partial charge in [-0.1, -0.05) is 0 Å². The Morgan fingerprint density at radius 2 is 1.87 bits per heavy atom. The molecule has 23 heavy (non-hydrogen) atoms. The summed E-state index contributed by atoms with van der Waals surface area (Å²) in [6.45, 7) is 3.62. The van der Waals surface area contributed by atoms with Crippen molar-refractivity contribution in [1.82, 2.24) is 15.0 Å². The average molecular weight is 328 g/mol. The molecule has 0 aliphatic carbocycles. The number of thiazole rings is 1. The smallest absolute Gasteiger partial charge is 0.276 e. The first-order valence-corrected chi connectivity index (χ1v) is 7.69. The van der Waals surface area contributed by atoms with E-state index in [-0.39, 0.29) is 17.4 Å². The number of nitrogens with one attached hydrogen (secondary N) is 1. The zero-order valence-corrected chi connectivity index (χ0v) is 13.3. The van der Waals surface area contributed by atoms with Gasteiger partial charge in [-0.05, 0) is 44.2 Å². The monoisotopic (exact) mass is 328 g/mol. The summed E-state index contributed by atoms with van der Waals surface area (Å²) in [5, 5.41) is 3.21. The van der Waals surface area contributed by atoms with Gasteiger partial charge in [0.25, 0.3) is 5.91 Å². The number of carbonyl (C=O) groups is 1. The number of carbonyl (C=O) groups excluding carboxylic acids is 1. The highest BCUT2D eigenvalue weighted by Crippen LogP contribution is 2.30. The third-order valence-electron chi connectivity index (χ3n) is 3.14. The minimum Gasteiger partial charge on any atom is -0.296 e. The number of hydrogen-bond acceptors (Lipinski definition) is 5. The van der Waals surface area contributed by atoms with Crippen molar-refractivity contribution in [2.75, 3.05) is 5.32 Å². The summed E-state index contributed by atoms with van der Waals surface area (Å²) in [5.41, 5.74) is 1.82. The van der Waals surface area contributed by atoms with Crippen LogP contribution in [0, 0.1) is 19.7 Å². The van der Waals surface area contributed by atoms with Crippen molar-refractivity contribution < 1.29 is 9.18 Å².